The highest BCUT2D eigenvalue weighted by Gasteiger charge is 2.35. The Morgan fingerprint density at radius 1 is 1.00 bits per heavy atom. The summed E-state index contributed by atoms with van der Waals surface area (Å²) in [4.78, 5) is 27.4. The van der Waals surface area contributed by atoms with Crippen molar-refractivity contribution in [3.8, 4) is 11.5 Å². The highest BCUT2D eigenvalue weighted by atomic mass is 35.5. The molecule has 4 aromatic rings. The Bertz CT molecular complexity index is 1530. The second kappa shape index (κ2) is 10.7. The summed E-state index contributed by atoms with van der Waals surface area (Å²) in [5, 5.41) is 2.00. The van der Waals surface area contributed by atoms with Crippen LogP contribution in [0.2, 0.25) is 5.02 Å². The zero-order valence-electron chi connectivity index (χ0n) is 19.7. The number of hydrogen-bond acceptors (Lipinski definition) is 5. The highest BCUT2D eigenvalue weighted by Crippen LogP contribution is 2.39. The van der Waals surface area contributed by atoms with Gasteiger partial charge in [-0.15, -0.1) is 0 Å². The van der Waals surface area contributed by atoms with Crippen molar-refractivity contribution >= 4 is 51.4 Å². The highest BCUT2D eigenvalue weighted by molar-refractivity contribution is 8.18. The molecule has 0 saturated carbocycles. The van der Waals surface area contributed by atoms with E-state index >= 15 is 0 Å². The number of benzene rings is 4. The van der Waals surface area contributed by atoms with Crippen molar-refractivity contribution in [3.63, 3.8) is 0 Å². The maximum Gasteiger partial charge on any atom is 0.293 e. The van der Waals surface area contributed by atoms with Gasteiger partial charge >= 0.3 is 0 Å². The first-order valence-electron chi connectivity index (χ1n) is 11.4. The minimum absolute atomic E-state index is 0.169. The molecule has 0 radical (unpaired) electrons. The Kier molecular flexibility index (Phi) is 7.17. The zero-order valence-corrected chi connectivity index (χ0v) is 21.3. The van der Waals surface area contributed by atoms with Gasteiger partial charge in [0.1, 0.15) is 12.4 Å². The maximum atomic E-state index is 13.2. The standard InChI is InChI=1S/C29H21ClFNO4S/c1-35-25-14-19(13-24(30)27(25)36-17-18-9-11-22(31)12-10-18)15-26-28(33)32(29(34)37-26)16-21-7-4-6-20-5-2-3-8-23(20)21/h2-15H,16-17H2,1H3/b26-15-. The molecule has 0 aliphatic carbocycles. The Morgan fingerprint density at radius 3 is 2.54 bits per heavy atom. The number of methoxy groups -OCH3 is 1. The number of halogens is 2. The third kappa shape index (κ3) is 5.33. The molecule has 1 fully saturated rings. The van der Waals surface area contributed by atoms with E-state index in [0.29, 0.717) is 22.0 Å². The van der Waals surface area contributed by atoms with Crippen LogP contribution in [0, 0.1) is 5.82 Å². The SMILES string of the molecule is COc1cc(/C=C2\SC(=O)N(Cc3cccc4ccccc34)C2=O)cc(Cl)c1OCc1ccc(F)cc1. The summed E-state index contributed by atoms with van der Waals surface area (Å²) in [6, 6.07) is 23.0. The Balaban J connectivity index is 1.36. The molecule has 1 saturated heterocycles. The summed E-state index contributed by atoms with van der Waals surface area (Å²) in [6.45, 7) is 0.354. The summed E-state index contributed by atoms with van der Waals surface area (Å²) >= 11 is 7.37. The van der Waals surface area contributed by atoms with Crippen LogP contribution in [0.5, 0.6) is 11.5 Å². The van der Waals surface area contributed by atoms with Gasteiger partial charge < -0.3 is 9.47 Å². The van der Waals surface area contributed by atoms with E-state index in [1.54, 1.807) is 30.3 Å². The van der Waals surface area contributed by atoms with Crippen molar-refractivity contribution in [1.82, 2.24) is 4.90 Å². The molecule has 1 aliphatic rings. The van der Waals surface area contributed by atoms with Crippen LogP contribution in [-0.4, -0.2) is 23.2 Å². The quantitative estimate of drug-likeness (QED) is 0.231. The second-order valence-electron chi connectivity index (χ2n) is 8.36. The maximum absolute atomic E-state index is 13.2. The van der Waals surface area contributed by atoms with E-state index in [4.69, 9.17) is 21.1 Å². The van der Waals surface area contributed by atoms with Crippen molar-refractivity contribution in [2.24, 2.45) is 0 Å². The molecule has 0 unspecified atom stereocenters. The van der Waals surface area contributed by atoms with Crippen molar-refractivity contribution in [2.45, 2.75) is 13.2 Å². The lowest BCUT2D eigenvalue weighted by atomic mass is 10.0. The van der Waals surface area contributed by atoms with Gasteiger partial charge in [0.2, 0.25) is 0 Å². The van der Waals surface area contributed by atoms with Gasteiger partial charge in [0, 0.05) is 0 Å². The number of carbonyl (C=O) groups excluding carboxylic acids is 2. The lowest BCUT2D eigenvalue weighted by Gasteiger charge is -2.14. The van der Waals surface area contributed by atoms with Gasteiger partial charge in [-0.3, -0.25) is 14.5 Å². The first-order chi connectivity index (χ1) is 17.9. The molecule has 0 atom stereocenters. The largest absolute Gasteiger partial charge is 0.493 e. The summed E-state index contributed by atoms with van der Waals surface area (Å²) in [5.41, 5.74) is 2.25. The summed E-state index contributed by atoms with van der Waals surface area (Å²) in [5.74, 6) is 0.00505. The van der Waals surface area contributed by atoms with Gasteiger partial charge in [-0.25, -0.2) is 4.39 Å². The molecule has 37 heavy (non-hydrogen) atoms. The molecule has 2 amide bonds. The van der Waals surface area contributed by atoms with Gasteiger partial charge in [-0.05, 0) is 69.6 Å². The molecule has 1 heterocycles. The zero-order chi connectivity index (χ0) is 25.9. The lowest BCUT2D eigenvalue weighted by Crippen LogP contribution is -2.27. The number of carbonyl (C=O) groups is 2. The molecule has 0 aromatic heterocycles. The smallest absolute Gasteiger partial charge is 0.293 e. The van der Waals surface area contributed by atoms with Crippen LogP contribution in [0.15, 0.2) is 83.8 Å². The normalized spacial score (nSPS) is 14.6. The first-order valence-corrected chi connectivity index (χ1v) is 12.6. The number of ether oxygens (including phenoxy) is 2. The minimum atomic E-state index is -0.366. The van der Waals surface area contributed by atoms with E-state index in [1.807, 2.05) is 42.5 Å². The average Bonchev–Trinajstić information content (AvgIpc) is 3.16. The number of rotatable bonds is 7. The fourth-order valence-corrected chi connectivity index (χ4v) is 5.20. The van der Waals surface area contributed by atoms with Crippen LogP contribution in [0.1, 0.15) is 16.7 Å². The van der Waals surface area contributed by atoms with Crippen LogP contribution < -0.4 is 9.47 Å². The molecule has 5 rings (SSSR count). The number of fused-ring (bicyclic) bond motifs is 1. The number of imide groups is 1. The van der Waals surface area contributed by atoms with Crippen molar-refractivity contribution in [2.75, 3.05) is 7.11 Å². The molecular formula is C29H21ClFNO4S. The molecule has 5 nitrogen and oxygen atoms in total. The Labute approximate surface area is 222 Å². The van der Waals surface area contributed by atoms with Gasteiger partial charge in [0.15, 0.2) is 11.5 Å². The molecule has 0 spiro atoms. The minimum Gasteiger partial charge on any atom is -0.493 e. The summed E-state index contributed by atoms with van der Waals surface area (Å²) in [7, 11) is 1.48. The van der Waals surface area contributed by atoms with Crippen molar-refractivity contribution in [3.05, 3.63) is 111 Å². The first kappa shape index (κ1) is 24.9. The predicted molar refractivity (Wildman–Crippen MR) is 144 cm³/mol. The molecule has 0 bridgehead atoms. The fraction of sp³-hybridized carbons (Fsp3) is 0.103. The van der Waals surface area contributed by atoms with E-state index in [0.717, 1.165) is 33.7 Å². The van der Waals surface area contributed by atoms with Gasteiger partial charge in [0.25, 0.3) is 11.1 Å². The van der Waals surface area contributed by atoms with Crippen molar-refractivity contribution < 1.29 is 23.5 Å². The molecule has 1 aliphatic heterocycles. The van der Waals surface area contributed by atoms with Crippen LogP contribution in [0.3, 0.4) is 0 Å². The monoisotopic (exact) mass is 533 g/mol. The molecule has 186 valence electrons. The van der Waals surface area contributed by atoms with Gasteiger partial charge in [-0.1, -0.05) is 66.2 Å². The summed E-state index contributed by atoms with van der Waals surface area (Å²) < 4.78 is 24.4. The Morgan fingerprint density at radius 2 is 1.76 bits per heavy atom. The third-order valence-electron chi connectivity index (χ3n) is 5.93. The Hall–Kier alpha value is -3.81. The van der Waals surface area contributed by atoms with E-state index in [1.165, 1.54) is 24.1 Å². The predicted octanol–water partition coefficient (Wildman–Crippen LogP) is 7.46. The molecule has 0 N–H and O–H groups in total. The number of amides is 2. The van der Waals surface area contributed by atoms with Crippen LogP contribution in [0.4, 0.5) is 9.18 Å². The van der Waals surface area contributed by atoms with E-state index in [2.05, 4.69) is 0 Å². The summed E-state index contributed by atoms with van der Waals surface area (Å²) in [6.07, 6.45) is 1.62. The van der Waals surface area contributed by atoms with Crippen LogP contribution in [0.25, 0.3) is 16.8 Å². The second-order valence-corrected chi connectivity index (χ2v) is 9.76. The van der Waals surface area contributed by atoms with Crippen LogP contribution in [-0.2, 0) is 17.9 Å². The van der Waals surface area contributed by atoms with E-state index < -0.39 is 0 Å². The average molecular weight is 534 g/mol. The van der Waals surface area contributed by atoms with Crippen LogP contribution >= 0.6 is 23.4 Å². The number of hydrogen-bond donors (Lipinski definition) is 0. The fourth-order valence-electron chi connectivity index (χ4n) is 4.09. The lowest BCUT2D eigenvalue weighted by molar-refractivity contribution is -0.123. The molecular weight excluding hydrogens is 513 g/mol. The van der Waals surface area contributed by atoms with Crippen molar-refractivity contribution in [1.29, 1.82) is 0 Å². The number of thioether (sulfide) groups is 1. The van der Waals surface area contributed by atoms with Gasteiger partial charge in [-0.2, -0.15) is 0 Å². The molecule has 4 aromatic carbocycles. The van der Waals surface area contributed by atoms with E-state index in [-0.39, 0.29) is 35.1 Å². The topological polar surface area (TPSA) is 55.8 Å². The number of nitrogens with zero attached hydrogens (tertiary/aromatic N) is 1. The van der Waals surface area contributed by atoms with Gasteiger partial charge in [0.05, 0.1) is 23.6 Å². The van der Waals surface area contributed by atoms with E-state index in [9.17, 15) is 14.0 Å². The molecule has 8 heteroatoms. The third-order valence-corrected chi connectivity index (χ3v) is 7.12.